The van der Waals surface area contributed by atoms with Crippen LogP contribution in [0.3, 0.4) is 0 Å². The van der Waals surface area contributed by atoms with Crippen LogP contribution in [0.4, 0.5) is 4.79 Å². The lowest BCUT2D eigenvalue weighted by molar-refractivity contribution is -0.121. The molecule has 0 spiro atoms. The third-order valence-corrected chi connectivity index (χ3v) is 5.82. The van der Waals surface area contributed by atoms with Crippen LogP contribution in [0.15, 0.2) is 35.7 Å². The SMILES string of the molecule is COc1ccc(CN2CCN(CC(=O)NC(=O)NCc3cccs3)CC2)cc1OC. The number of imide groups is 1. The summed E-state index contributed by atoms with van der Waals surface area (Å²) in [6, 6.07) is 9.35. The number of hydrogen-bond donors (Lipinski definition) is 2. The average molecular weight is 433 g/mol. The second-order valence-electron chi connectivity index (χ2n) is 7.05. The van der Waals surface area contributed by atoms with Gasteiger partial charge in [0.25, 0.3) is 0 Å². The smallest absolute Gasteiger partial charge is 0.321 e. The number of thiophene rings is 1. The molecule has 0 bridgehead atoms. The molecule has 30 heavy (non-hydrogen) atoms. The largest absolute Gasteiger partial charge is 0.493 e. The highest BCUT2D eigenvalue weighted by molar-refractivity contribution is 7.09. The quantitative estimate of drug-likeness (QED) is 0.663. The van der Waals surface area contributed by atoms with E-state index in [9.17, 15) is 9.59 Å². The van der Waals surface area contributed by atoms with Crippen LogP contribution in [0.25, 0.3) is 0 Å². The first kappa shape index (κ1) is 22.1. The minimum absolute atomic E-state index is 0.219. The number of nitrogens with one attached hydrogen (secondary N) is 2. The van der Waals surface area contributed by atoms with E-state index in [-0.39, 0.29) is 12.5 Å². The van der Waals surface area contributed by atoms with E-state index in [0.29, 0.717) is 6.54 Å². The fourth-order valence-corrected chi connectivity index (χ4v) is 3.98. The zero-order chi connectivity index (χ0) is 21.3. The number of methoxy groups -OCH3 is 2. The van der Waals surface area contributed by atoms with Crippen molar-refractivity contribution < 1.29 is 19.1 Å². The summed E-state index contributed by atoms with van der Waals surface area (Å²) in [5, 5.41) is 7.05. The molecule has 1 aliphatic rings. The van der Waals surface area contributed by atoms with E-state index >= 15 is 0 Å². The van der Waals surface area contributed by atoms with Gasteiger partial charge in [0, 0.05) is 37.6 Å². The maximum absolute atomic E-state index is 12.1. The Hall–Kier alpha value is -2.62. The Morgan fingerprint density at radius 1 is 1.03 bits per heavy atom. The Labute approximate surface area is 180 Å². The summed E-state index contributed by atoms with van der Waals surface area (Å²) in [5.41, 5.74) is 1.15. The monoisotopic (exact) mass is 432 g/mol. The van der Waals surface area contributed by atoms with Gasteiger partial charge >= 0.3 is 6.03 Å². The third-order valence-electron chi connectivity index (χ3n) is 4.94. The fraction of sp³-hybridized carbons (Fsp3) is 0.429. The zero-order valence-corrected chi connectivity index (χ0v) is 18.2. The van der Waals surface area contributed by atoms with E-state index in [0.717, 1.165) is 54.7 Å². The van der Waals surface area contributed by atoms with Crippen LogP contribution >= 0.6 is 11.3 Å². The fourth-order valence-electron chi connectivity index (χ4n) is 3.34. The molecule has 1 aliphatic heterocycles. The highest BCUT2D eigenvalue weighted by Crippen LogP contribution is 2.28. The standard InChI is InChI=1S/C21H28N4O4S/c1-28-18-6-5-16(12-19(18)29-2)14-24-7-9-25(10-8-24)15-20(26)23-21(27)22-13-17-4-3-11-30-17/h3-6,11-12H,7-10,13-15H2,1-2H3,(H2,22,23,26,27). The van der Waals surface area contributed by atoms with Crippen molar-refractivity contribution in [2.24, 2.45) is 0 Å². The molecule has 162 valence electrons. The van der Waals surface area contributed by atoms with E-state index in [1.165, 1.54) is 0 Å². The topological polar surface area (TPSA) is 83.1 Å². The van der Waals surface area contributed by atoms with Crippen molar-refractivity contribution in [1.29, 1.82) is 0 Å². The molecular weight excluding hydrogens is 404 g/mol. The zero-order valence-electron chi connectivity index (χ0n) is 17.3. The van der Waals surface area contributed by atoms with Gasteiger partial charge in [-0.25, -0.2) is 4.79 Å². The molecule has 8 nitrogen and oxygen atoms in total. The number of benzene rings is 1. The van der Waals surface area contributed by atoms with Gasteiger partial charge in [-0.3, -0.25) is 19.9 Å². The van der Waals surface area contributed by atoms with E-state index in [2.05, 4.69) is 20.4 Å². The van der Waals surface area contributed by atoms with E-state index in [4.69, 9.17) is 9.47 Å². The highest BCUT2D eigenvalue weighted by atomic mass is 32.1. The van der Waals surface area contributed by atoms with Crippen LogP contribution in [0, 0.1) is 0 Å². The lowest BCUT2D eigenvalue weighted by Crippen LogP contribution is -2.50. The lowest BCUT2D eigenvalue weighted by atomic mass is 10.1. The van der Waals surface area contributed by atoms with Crippen molar-refractivity contribution in [2.45, 2.75) is 13.1 Å². The van der Waals surface area contributed by atoms with E-state index in [1.54, 1.807) is 25.6 Å². The molecule has 2 N–H and O–H groups in total. The van der Waals surface area contributed by atoms with Crippen LogP contribution in [0.2, 0.25) is 0 Å². The van der Waals surface area contributed by atoms with Crippen LogP contribution < -0.4 is 20.1 Å². The van der Waals surface area contributed by atoms with Gasteiger partial charge in [-0.1, -0.05) is 12.1 Å². The molecule has 3 rings (SSSR count). The molecule has 1 aromatic carbocycles. The second kappa shape index (κ2) is 11.0. The molecule has 2 heterocycles. The van der Waals surface area contributed by atoms with Gasteiger partial charge in [-0.2, -0.15) is 0 Å². The number of hydrogen-bond acceptors (Lipinski definition) is 7. The Morgan fingerprint density at radius 2 is 1.77 bits per heavy atom. The summed E-state index contributed by atoms with van der Waals surface area (Å²) in [5.74, 6) is 1.16. The Morgan fingerprint density at radius 3 is 2.43 bits per heavy atom. The summed E-state index contributed by atoms with van der Waals surface area (Å²) in [6.45, 7) is 4.71. The summed E-state index contributed by atoms with van der Waals surface area (Å²) in [7, 11) is 3.26. The molecule has 0 radical (unpaired) electrons. The van der Waals surface area contributed by atoms with Gasteiger partial charge in [0.2, 0.25) is 5.91 Å². The molecule has 1 aromatic heterocycles. The van der Waals surface area contributed by atoms with Crippen molar-refractivity contribution >= 4 is 23.3 Å². The number of rotatable bonds is 8. The van der Waals surface area contributed by atoms with Crippen molar-refractivity contribution in [2.75, 3.05) is 46.9 Å². The molecule has 0 aliphatic carbocycles. The molecule has 1 saturated heterocycles. The predicted octanol–water partition coefficient (Wildman–Crippen LogP) is 1.91. The first-order valence-electron chi connectivity index (χ1n) is 9.83. The molecule has 0 atom stereocenters. The number of ether oxygens (including phenoxy) is 2. The van der Waals surface area contributed by atoms with E-state index < -0.39 is 6.03 Å². The molecule has 3 amide bonds. The Balaban J connectivity index is 1.37. The normalized spacial score (nSPS) is 14.9. The predicted molar refractivity (Wildman–Crippen MR) is 116 cm³/mol. The highest BCUT2D eigenvalue weighted by Gasteiger charge is 2.20. The molecule has 1 fully saturated rings. The summed E-state index contributed by atoms with van der Waals surface area (Å²) >= 11 is 1.56. The van der Waals surface area contributed by atoms with Crippen molar-refractivity contribution in [3.63, 3.8) is 0 Å². The van der Waals surface area contributed by atoms with Gasteiger partial charge in [0.15, 0.2) is 11.5 Å². The minimum Gasteiger partial charge on any atom is -0.493 e. The summed E-state index contributed by atoms with van der Waals surface area (Å²) < 4.78 is 10.7. The Bertz CT molecular complexity index is 836. The van der Waals surface area contributed by atoms with Gasteiger partial charge in [0.1, 0.15) is 0 Å². The van der Waals surface area contributed by atoms with Gasteiger partial charge in [-0.15, -0.1) is 11.3 Å². The Kier molecular flexibility index (Phi) is 8.06. The van der Waals surface area contributed by atoms with Crippen LogP contribution in [0.1, 0.15) is 10.4 Å². The summed E-state index contributed by atoms with van der Waals surface area (Å²) in [6.07, 6.45) is 0. The number of amides is 3. The number of nitrogens with zero attached hydrogens (tertiary/aromatic N) is 2. The first-order valence-corrected chi connectivity index (χ1v) is 10.7. The maximum atomic E-state index is 12.1. The van der Waals surface area contributed by atoms with Crippen molar-refractivity contribution in [3.05, 3.63) is 46.2 Å². The molecule has 0 saturated carbocycles. The lowest BCUT2D eigenvalue weighted by Gasteiger charge is -2.34. The molecule has 9 heteroatoms. The van der Waals surface area contributed by atoms with Crippen LogP contribution in [-0.2, 0) is 17.9 Å². The number of carbonyl (C=O) groups is 2. The van der Waals surface area contributed by atoms with Crippen molar-refractivity contribution in [3.8, 4) is 11.5 Å². The van der Waals surface area contributed by atoms with Crippen molar-refractivity contribution in [1.82, 2.24) is 20.4 Å². The number of urea groups is 1. The number of piperazine rings is 1. The average Bonchev–Trinajstić information content (AvgIpc) is 3.27. The third kappa shape index (κ3) is 6.45. The van der Waals surface area contributed by atoms with Crippen LogP contribution in [0.5, 0.6) is 11.5 Å². The first-order chi connectivity index (χ1) is 14.6. The molecule has 0 unspecified atom stereocenters. The van der Waals surface area contributed by atoms with Gasteiger partial charge in [0.05, 0.1) is 27.3 Å². The second-order valence-corrected chi connectivity index (χ2v) is 8.08. The summed E-state index contributed by atoms with van der Waals surface area (Å²) in [4.78, 5) is 29.4. The minimum atomic E-state index is -0.458. The van der Waals surface area contributed by atoms with Gasteiger partial charge in [-0.05, 0) is 29.1 Å². The van der Waals surface area contributed by atoms with Gasteiger partial charge < -0.3 is 14.8 Å². The van der Waals surface area contributed by atoms with Crippen LogP contribution in [-0.4, -0.2) is 68.7 Å². The maximum Gasteiger partial charge on any atom is 0.321 e. The molecule has 2 aromatic rings. The number of carbonyl (C=O) groups excluding carboxylic acids is 2. The van der Waals surface area contributed by atoms with E-state index in [1.807, 2.05) is 35.7 Å². The molecular formula is C21H28N4O4S.